The Balaban J connectivity index is 0.00000243. The van der Waals surface area contributed by atoms with Gasteiger partial charge in [-0.05, 0) is 50.5 Å². The average Bonchev–Trinajstić information content (AvgIpc) is 2.61. The van der Waals surface area contributed by atoms with E-state index in [-0.39, 0.29) is 24.4 Å². The van der Waals surface area contributed by atoms with Crippen LogP contribution in [0.5, 0.6) is 0 Å². The van der Waals surface area contributed by atoms with Crippen molar-refractivity contribution in [3.63, 3.8) is 0 Å². The molecule has 1 aromatic heterocycles. The van der Waals surface area contributed by atoms with E-state index >= 15 is 0 Å². The Morgan fingerprint density at radius 3 is 2.42 bits per heavy atom. The van der Waals surface area contributed by atoms with Crippen molar-refractivity contribution in [1.82, 2.24) is 9.88 Å². The van der Waals surface area contributed by atoms with Crippen LogP contribution in [0.15, 0.2) is 30.3 Å². The Kier molecular flexibility index (Phi) is 6.36. The SMILES string of the molecule is Cc1cc(C)c(C#N)c(-c2ccc(C(=O)N3CCC(N)CC3)cc2)n1.Cl. The Labute approximate surface area is 160 Å². The molecule has 2 aromatic rings. The lowest BCUT2D eigenvalue weighted by Gasteiger charge is -2.30. The molecule has 1 saturated heterocycles. The fourth-order valence-corrected chi connectivity index (χ4v) is 3.24. The van der Waals surface area contributed by atoms with Gasteiger partial charge in [-0.15, -0.1) is 12.4 Å². The van der Waals surface area contributed by atoms with Crippen LogP contribution in [0, 0.1) is 25.2 Å². The molecule has 0 radical (unpaired) electrons. The molecule has 2 heterocycles. The largest absolute Gasteiger partial charge is 0.339 e. The van der Waals surface area contributed by atoms with Gasteiger partial charge < -0.3 is 10.6 Å². The van der Waals surface area contributed by atoms with Crippen molar-refractivity contribution in [2.24, 2.45) is 5.73 Å². The molecule has 0 bridgehead atoms. The molecule has 1 aliphatic rings. The normalized spacial score (nSPS) is 14.5. The molecule has 0 unspecified atom stereocenters. The van der Waals surface area contributed by atoms with Gasteiger partial charge in [-0.1, -0.05) is 12.1 Å². The summed E-state index contributed by atoms with van der Waals surface area (Å²) in [6.07, 6.45) is 1.70. The van der Waals surface area contributed by atoms with Crippen molar-refractivity contribution in [2.75, 3.05) is 13.1 Å². The Morgan fingerprint density at radius 2 is 1.85 bits per heavy atom. The number of nitrogens with two attached hydrogens (primary N) is 1. The molecule has 0 saturated carbocycles. The highest BCUT2D eigenvalue weighted by molar-refractivity contribution is 5.94. The number of likely N-dealkylation sites (tertiary alicyclic amines) is 1. The smallest absolute Gasteiger partial charge is 0.253 e. The predicted molar refractivity (Wildman–Crippen MR) is 104 cm³/mol. The van der Waals surface area contributed by atoms with Crippen LogP contribution in [-0.2, 0) is 0 Å². The Bertz CT molecular complexity index is 834. The molecule has 1 fully saturated rings. The van der Waals surface area contributed by atoms with E-state index in [0.717, 1.165) is 29.7 Å². The molecule has 1 amide bonds. The van der Waals surface area contributed by atoms with Crippen molar-refractivity contribution in [3.05, 3.63) is 52.7 Å². The van der Waals surface area contributed by atoms with Gasteiger partial charge in [0.2, 0.25) is 0 Å². The highest BCUT2D eigenvalue weighted by Crippen LogP contribution is 2.25. The highest BCUT2D eigenvalue weighted by Gasteiger charge is 2.21. The van der Waals surface area contributed by atoms with Crippen molar-refractivity contribution in [2.45, 2.75) is 32.7 Å². The molecule has 0 spiro atoms. The Morgan fingerprint density at radius 1 is 1.23 bits per heavy atom. The van der Waals surface area contributed by atoms with Crippen LogP contribution in [0.3, 0.4) is 0 Å². The molecule has 26 heavy (non-hydrogen) atoms. The summed E-state index contributed by atoms with van der Waals surface area (Å²) in [7, 11) is 0. The molecule has 1 aliphatic heterocycles. The van der Waals surface area contributed by atoms with Crippen molar-refractivity contribution in [1.29, 1.82) is 5.26 Å². The number of carbonyl (C=O) groups is 1. The van der Waals surface area contributed by atoms with Gasteiger partial charge in [0.25, 0.3) is 5.91 Å². The van der Waals surface area contributed by atoms with Gasteiger partial charge in [-0.2, -0.15) is 5.26 Å². The minimum absolute atomic E-state index is 0. The first-order valence-corrected chi connectivity index (χ1v) is 8.53. The van der Waals surface area contributed by atoms with E-state index in [2.05, 4.69) is 11.1 Å². The summed E-state index contributed by atoms with van der Waals surface area (Å²) in [5.41, 5.74) is 10.4. The van der Waals surface area contributed by atoms with Gasteiger partial charge in [-0.3, -0.25) is 9.78 Å². The molecule has 5 nitrogen and oxygen atoms in total. The van der Waals surface area contributed by atoms with Crippen LogP contribution in [0.2, 0.25) is 0 Å². The first kappa shape index (κ1) is 19.9. The van der Waals surface area contributed by atoms with E-state index in [1.165, 1.54) is 0 Å². The molecular weight excluding hydrogens is 348 g/mol. The summed E-state index contributed by atoms with van der Waals surface area (Å²) in [5, 5.41) is 9.42. The van der Waals surface area contributed by atoms with E-state index in [1.807, 2.05) is 49.1 Å². The molecule has 1 aromatic carbocycles. The Hall–Kier alpha value is -2.42. The molecule has 3 rings (SSSR count). The van der Waals surface area contributed by atoms with E-state index in [4.69, 9.17) is 5.73 Å². The van der Waals surface area contributed by atoms with Crippen LogP contribution in [0.1, 0.15) is 40.0 Å². The molecule has 136 valence electrons. The van der Waals surface area contributed by atoms with Gasteiger partial charge >= 0.3 is 0 Å². The standard InChI is InChI=1S/C20H22N4O.ClH/c1-13-11-14(2)23-19(18(13)12-21)15-3-5-16(6-4-15)20(25)24-9-7-17(22)8-10-24;/h3-6,11,17H,7-10,22H2,1-2H3;1H. The minimum Gasteiger partial charge on any atom is -0.339 e. The number of aromatic nitrogens is 1. The van der Waals surface area contributed by atoms with E-state index in [0.29, 0.717) is 29.9 Å². The number of carbonyl (C=O) groups excluding carboxylic acids is 1. The van der Waals surface area contributed by atoms with Crippen LogP contribution in [0.25, 0.3) is 11.3 Å². The number of halogens is 1. The van der Waals surface area contributed by atoms with Crippen molar-refractivity contribution < 1.29 is 4.79 Å². The second-order valence-electron chi connectivity index (χ2n) is 6.62. The van der Waals surface area contributed by atoms with E-state index in [1.54, 1.807) is 0 Å². The lowest BCUT2D eigenvalue weighted by molar-refractivity contribution is 0.0715. The van der Waals surface area contributed by atoms with Gasteiger partial charge in [0.15, 0.2) is 0 Å². The number of piperidine rings is 1. The first-order chi connectivity index (χ1) is 12.0. The predicted octanol–water partition coefficient (Wildman–Crippen LogP) is 3.22. The zero-order chi connectivity index (χ0) is 18.0. The van der Waals surface area contributed by atoms with Gasteiger partial charge in [0.1, 0.15) is 6.07 Å². The summed E-state index contributed by atoms with van der Waals surface area (Å²) in [4.78, 5) is 19.0. The zero-order valence-electron chi connectivity index (χ0n) is 15.0. The third kappa shape index (κ3) is 4.04. The first-order valence-electron chi connectivity index (χ1n) is 8.53. The van der Waals surface area contributed by atoms with E-state index < -0.39 is 0 Å². The maximum absolute atomic E-state index is 12.6. The van der Waals surface area contributed by atoms with Crippen molar-refractivity contribution >= 4 is 18.3 Å². The quantitative estimate of drug-likeness (QED) is 0.879. The van der Waals surface area contributed by atoms with Crippen LogP contribution in [-0.4, -0.2) is 34.9 Å². The zero-order valence-corrected chi connectivity index (χ0v) is 15.8. The summed E-state index contributed by atoms with van der Waals surface area (Å²) in [6.45, 7) is 5.24. The van der Waals surface area contributed by atoms with Crippen molar-refractivity contribution in [3.8, 4) is 17.3 Å². The third-order valence-electron chi connectivity index (χ3n) is 4.69. The summed E-state index contributed by atoms with van der Waals surface area (Å²) >= 11 is 0. The minimum atomic E-state index is 0. The molecule has 0 aliphatic carbocycles. The van der Waals surface area contributed by atoms with Crippen LogP contribution >= 0.6 is 12.4 Å². The maximum atomic E-state index is 12.6. The van der Waals surface area contributed by atoms with Crippen LogP contribution < -0.4 is 5.73 Å². The van der Waals surface area contributed by atoms with E-state index in [9.17, 15) is 10.1 Å². The number of pyridine rings is 1. The van der Waals surface area contributed by atoms with Crippen LogP contribution in [0.4, 0.5) is 0 Å². The fraction of sp³-hybridized carbons (Fsp3) is 0.350. The molecule has 0 atom stereocenters. The number of rotatable bonds is 2. The molecular formula is C20H23ClN4O. The number of hydrogen-bond acceptors (Lipinski definition) is 4. The third-order valence-corrected chi connectivity index (χ3v) is 4.69. The van der Waals surface area contributed by atoms with Gasteiger partial charge in [0, 0.05) is 36.0 Å². The number of nitriles is 1. The number of amides is 1. The number of aryl methyl sites for hydroxylation is 2. The number of hydrogen-bond donors (Lipinski definition) is 1. The second kappa shape index (κ2) is 8.31. The van der Waals surface area contributed by atoms with Gasteiger partial charge in [-0.25, -0.2) is 0 Å². The molecule has 2 N–H and O–H groups in total. The lowest BCUT2D eigenvalue weighted by Crippen LogP contribution is -2.42. The summed E-state index contributed by atoms with van der Waals surface area (Å²) in [6, 6.07) is 11.7. The summed E-state index contributed by atoms with van der Waals surface area (Å²) < 4.78 is 0. The number of benzene rings is 1. The maximum Gasteiger partial charge on any atom is 0.253 e. The highest BCUT2D eigenvalue weighted by atomic mass is 35.5. The monoisotopic (exact) mass is 370 g/mol. The lowest BCUT2D eigenvalue weighted by atomic mass is 10.00. The summed E-state index contributed by atoms with van der Waals surface area (Å²) in [5.74, 6) is 0.0346. The number of nitrogens with zero attached hydrogens (tertiary/aromatic N) is 3. The fourth-order valence-electron chi connectivity index (χ4n) is 3.24. The second-order valence-corrected chi connectivity index (χ2v) is 6.62. The van der Waals surface area contributed by atoms with Gasteiger partial charge in [0.05, 0.1) is 11.3 Å². The molecule has 6 heteroatoms. The topological polar surface area (TPSA) is 83.0 Å². The average molecular weight is 371 g/mol.